The minimum absolute atomic E-state index is 0.0186. The van der Waals surface area contributed by atoms with Crippen molar-refractivity contribution in [3.63, 3.8) is 0 Å². The molecule has 0 spiro atoms. The number of carbonyl (C=O) groups excluding carboxylic acids is 2. The number of halogens is 6. The lowest BCUT2D eigenvalue weighted by Crippen LogP contribution is -2.31. The average Bonchev–Trinajstić information content (AvgIpc) is 2.97. The third-order valence-corrected chi connectivity index (χ3v) is 5.77. The van der Waals surface area contributed by atoms with E-state index in [1.165, 1.54) is 29.2 Å². The zero-order chi connectivity index (χ0) is 24.6. The summed E-state index contributed by atoms with van der Waals surface area (Å²) in [7, 11) is 0. The van der Waals surface area contributed by atoms with Crippen molar-refractivity contribution in [1.82, 2.24) is 9.88 Å². The lowest BCUT2D eigenvalue weighted by molar-refractivity contribution is -0.143. The Morgan fingerprint density at radius 3 is 2.24 bits per heavy atom. The second-order valence-electron chi connectivity index (χ2n) is 6.79. The smallest absolute Gasteiger partial charge is 0.370 e. The van der Waals surface area contributed by atoms with Gasteiger partial charge in [-0.25, -0.2) is 4.98 Å². The van der Waals surface area contributed by atoms with Crippen LogP contribution >= 0.6 is 24.0 Å². The number of amides is 2. The third kappa shape index (κ3) is 5.90. The van der Waals surface area contributed by atoms with Gasteiger partial charge in [0.1, 0.15) is 4.32 Å². The van der Waals surface area contributed by atoms with E-state index in [1.54, 1.807) is 0 Å². The number of primary amides is 1. The van der Waals surface area contributed by atoms with Gasteiger partial charge in [-0.05, 0) is 36.4 Å². The lowest BCUT2D eigenvalue weighted by atomic mass is 10.0. The van der Waals surface area contributed by atoms with Gasteiger partial charge >= 0.3 is 12.4 Å². The number of aromatic nitrogens is 1. The molecule has 0 aliphatic carbocycles. The number of rotatable bonds is 5. The molecule has 174 valence electrons. The average molecular weight is 505 g/mol. The van der Waals surface area contributed by atoms with E-state index >= 15 is 0 Å². The third-order valence-electron chi connectivity index (χ3n) is 4.39. The van der Waals surface area contributed by atoms with Gasteiger partial charge in [0.05, 0.1) is 27.4 Å². The number of benzene rings is 1. The van der Waals surface area contributed by atoms with E-state index in [0.717, 1.165) is 11.8 Å². The summed E-state index contributed by atoms with van der Waals surface area (Å²) in [4.78, 5) is 28.9. The number of thioether (sulfide) groups is 1. The minimum atomic E-state index is -4.99. The van der Waals surface area contributed by atoms with Gasteiger partial charge in [0.15, 0.2) is 0 Å². The van der Waals surface area contributed by atoms with Gasteiger partial charge in [0.25, 0.3) is 5.91 Å². The van der Waals surface area contributed by atoms with Crippen LogP contribution in [0.2, 0.25) is 0 Å². The highest BCUT2D eigenvalue weighted by atomic mass is 32.2. The molecule has 3 rings (SSSR count). The molecule has 1 aromatic heterocycles. The van der Waals surface area contributed by atoms with Gasteiger partial charge in [-0.1, -0.05) is 30.0 Å². The molecule has 2 N–H and O–H groups in total. The summed E-state index contributed by atoms with van der Waals surface area (Å²) in [6, 6.07) is 5.25. The highest BCUT2D eigenvalue weighted by Crippen LogP contribution is 2.38. The summed E-state index contributed by atoms with van der Waals surface area (Å²) < 4.78 is 79.1. The lowest BCUT2D eigenvalue weighted by Gasteiger charge is -2.14. The first-order chi connectivity index (χ1) is 15.3. The molecule has 1 aromatic carbocycles. The van der Waals surface area contributed by atoms with Crippen LogP contribution in [0.4, 0.5) is 26.3 Å². The fourth-order valence-electron chi connectivity index (χ4n) is 2.84. The Morgan fingerprint density at radius 1 is 1.09 bits per heavy atom. The molecule has 2 heterocycles. The first-order valence-corrected chi connectivity index (χ1v) is 10.3. The normalized spacial score (nSPS) is 16.1. The van der Waals surface area contributed by atoms with Crippen LogP contribution in [0.25, 0.3) is 17.3 Å². The van der Waals surface area contributed by atoms with Crippen molar-refractivity contribution >= 4 is 46.2 Å². The largest absolute Gasteiger partial charge is 0.416 e. The molecule has 0 bridgehead atoms. The van der Waals surface area contributed by atoms with Crippen molar-refractivity contribution in [2.75, 3.05) is 6.54 Å². The standard InChI is InChI=1S/C20H13F6N3O2S2/c21-19(22,23)11-6-10(7-12(8-11)20(24,25)26)14-3-1-2-13(28-14)9-15-17(31)29(18(32)33-15)5-4-16(27)30/h1-3,6-9H,4-5H2,(H2,27,30)/b15-9-. The monoisotopic (exact) mass is 505 g/mol. The van der Waals surface area contributed by atoms with Crippen LogP contribution in [-0.2, 0) is 21.9 Å². The highest BCUT2D eigenvalue weighted by Gasteiger charge is 2.37. The van der Waals surface area contributed by atoms with E-state index in [-0.39, 0.29) is 45.2 Å². The van der Waals surface area contributed by atoms with Crippen molar-refractivity contribution < 1.29 is 35.9 Å². The van der Waals surface area contributed by atoms with E-state index in [9.17, 15) is 35.9 Å². The minimum Gasteiger partial charge on any atom is -0.370 e. The Labute approximate surface area is 192 Å². The predicted molar refractivity (Wildman–Crippen MR) is 113 cm³/mol. The fourth-order valence-corrected chi connectivity index (χ4v) is 4.14. The van der Waals surface area contributed by atoms with Gasteiger partial charge in [-0.15, -0.1) is 0 Å². The Hall–Kier alpha value is -2.93. The molecule has 33 heavy (non-hydrogen) atoms. The van der Waals surface area contributed by atoms with Crippen LogP contribution in [0.3, 0.4) is 0 Å². The first kappa shape index (κ1) is 24.7. The Kier molecular flexibility index (Phi) is 6.84. The van der Waals surface area contributed by atoms with Crippen LogP contribution in [0.1, 0.15) is 23.2 Å². The van der Waals surface area contributed by atoms with E-state index in [2.05, 4.69) is 4.98 Å². The molecular weight excluding hydrogens is 492 g/mol. The van der Waals surface area contributed by atoms with Gasteiger partial charge in [0, 0.05) is 18.5 Å². The quantitative estimate of drug-likeness (QED) is 0.357. The van der Waals surface area contributed by atoms with Gasteiger partial charge in [-0.2, -0.15) is 26.3 Å². The maximum Gasteiger partial charge on any atom is 0.416 e. The van der Waals surface area contributed by atoms with Crippen molar-refractivity contribution in [3.8, 4) is 11.3 Å². The number of alkyl halides is 6. The molecule has 13 heteroatoms. The van der Waals surface area contributed by atoms with Crippen LogP contribution in [0, 0.1) is 0 Å². The maximum atomic E-state index is 13.1. The first-order valence-electron chi connectivity index (χ1n) is 9.06. The number of pyridine rings is 1. The highest BCUT2D eigenvalue weighted by molar-refractivity contribution is 8.26. The number of hydrogen-bond donors (Lipinski definition) is 1. The molecule has 2 aromatic rings. The molecule has 5 nitrogen and oxygen atoms in total. The zero-order valence-electron chi connectivity index (χ0n) is 16.3. The number of carbonyl (C=O) groups is 2. The molecule has 1 aliphatic rings. The number of hydrogen-bond acceptors (Lipinski definition) is 5. The molecule has 1 fully saturated rings. The zero-order valence-corrected chi connectivity index (χ0v) is 18.0. The van der Waals surface area contributed by atoms with Gasteiger partial charge < -0.3 is 5.73 Å². The van der Waals surface area contributed by atoms with Crippen LogP contribution < -0.4 is 5.73 Å². The molecule has 1 saturated heterocycles. The summed E-state index contributed by atoms with van der Waals surface area (Å²) in [5, 5.41) is 0. The van der Waals surface area contributed by atoms with Crippen LogP contribution in [0.5, 0.6) is 0 Å². The molecule has 0 saturated carbocycles. The summed E-state index contributed by atoms with van der Waals surface area (Å²) >= 11 is 6.03. The summed E-state index contributed by atoms with van der Waals surface area (Å²) in [5.74, 6) is -1.14. The van der Waals surface area contributed by atoms with Gasteiger partial charge in [0.2, 0.25) is 5.91 Å². The Balaban J connectivity index is 1.97. The summed E-state index contributed by atoms with van der Waals surface area (Å²) in [6.07, 6.45) is -8.78. The van der Waals surface area contributed by atoms with E-state index in [0.29, 0.717) is 12.1 Å². The van der Waals surface area contributed by atoms with Crippen LogP contribution in [0.15, 0.2) is 41.3 Å². The van der Waals surface area contributed by atoms with Gasteiger partial charge in [-0.3, -0.25) is 14.5 Å². The molecular formula is C20H13F6N3O2S2. The van der Waals surface area contributed by atoms with Crippen molar-refractivity contribution in [2.45, 2.75) is 18.8 Å². The number of thiocarbonyl (C=S) groups is 1. The van der Waals surface area contributed by atoms with Crippen molar-refractivity contribution in [1.29, 1.82) is 0 Å². The molecule has 2 amide bonds. The predicted octanol–water partition coefficient (Wildman–Crippen LogP) is 4.86. The molecule has 0 atom stereocenters. The van der Waals surface area contributed by atoms with Crippen molar-refractivity contribution in [2.24, 2.45) is 5.73 Å². The number of nitrogens with zero attached hydrogens (tertiary/aromatic N) is 2. The van der Waals surface area contributed by atoms with Crippen molar-refractivity contribution in [3.05, 3.63) is 58.1 Å². The Morgan fingerprint density at radius 2 is 1.70 bits per heavy atom. The number of nitrogens with two attached hydrogens (primary N) is 1. The maximum absolute atomic E-state index is 13.1. The van der Waals surface area contributed by atoms with Crippen LogP contribution in [-0.4, -0.2) is 32.6 Å². The molecule has 0 radical (unpaired) electrons. The summed E-state index contributed by atoms with van der Waals surface area (Å²) in [6.45, 7) is -0.0186. The Bertz CT molecular complexity index is 1130. The molecule has 1 aliphatic heterocycles. The summed E-state index contributed by atoms with van der Waals surface area (Å²) in [5.41, 5.74) is 1.73. The fraction of sp³-hybridized carbons (Fsp3) is 0.200. The second-order valence-corrected chi connectivity index (χ2v) is 8.47. The molecule has 0 unspecified atom stereocenters. The second kappa shape index (κ2) is 9.14. The SMILES string of the molecule is NC(=O)CCN1C(=O)/C(=C/c2cccc(-c3cc(C(F)(F)F)cc(C(F)(F)F)c3)n2)SC1=S. The topological polar surface area (TPSA) is 76.3 Å². The van der Waals surface area contributed by atoms with E-state index in [1.807, 2.05) is 0 Å². The van der Waals surface area contributed by atoms with E-state index in [4.69, 9.17) is 18.0 Å². The van der Waals surface area contributed by atoms with E-state index < -0.39 is 35.3 Å².